The highest BCUT2D eigenvalue weighted by atomic mass is 16.5. The van der Waals surface area contributed by atoms with E-state index in [0.717, 1.165) is 0 Å². The van der Waals surface area contributed by atoms with E-state index >= 15 is 0 Å². The van der Waals surface area contributed by atoms with Crippen LogP contribution in [0.15, 0.2) is 12.7 Å². The lowest BCUT2D eigenvalue weighted by Crippen LogP contribution is -2.15. The highest BCUT2D eigenvalue weighted by Gasteiger charge is 1.93. The topological polar surface area (TPSA) is 113 Å². The van der Waals surface area contributed by atoms with Gasteiger partial charge < -0.3 is 25.8 Å². The lowest BCUT2D eigenvalue weighted by Gasteiger charge is -1.96. The monoisotopic (exact) mass is 223 g/mol. The number of rotatable bonds is 3. The molecule has 0 saturated heterocycles. The number of ether oxygens (including phenoxy) is 1. The Kier molecular flexibility index (Phi) is 24.2. The summed E-state index contributed by atoms with van der Waals surface area (Å²) in [5.41, 5.74) is 4.54. The lowest BCUT2D eigenvalue weighted by molar-refractivity contribution is 0.0450. The van der Waals surface area contributed by atoms with Crippen molar-refractivity contribution in [2.75, 3.05) is 19.8 Å². The van der Waals surface area contributed by atoms with Gasteiger partial charge in [-0.3, -0.25) is 0 Å². The number of aliphatic hydroxyl groups is 3. The Hall–Kier alpha value is -1.11. The van der Waals surface area contributed by atoms with Gasteiger partial charge in [-0.25, -0.2) is 4.79 Å². The normalized spacial score (nSPS) is 7.87. The summed E-state index contributed by atoms with van der Waals surface area (Å²) in [5.74, 6) is 0. The molecule has 0 aromatic heterocycles. The summed E-state index contributed by atoms with van der Waals surface area (Å²) in [4.78, 5) is 9.60. The first kappa shape index (κ1) is 19.5. The quantitative estimate of drug-likeness (QED) is 0.487. The van der Waals surface area contributed by atoms with E-state index in [9.17, 15) is 4.79 Å². The fourth-order valence-electron chi connectivity index (χ4n) is 0.200. The first-order chi connectivity index (χ1) is 6.99. The number of primary amides is 1. The molecule has 0 rings (SSSR count). The van der Waals surface area contributed by atoms with Gasteiger partial charge >= 0.3 is 6.09 Å². The van der Waals surface area contributed by atoms with Crippen LogP contribution in [0.1, 0.15) is 13.8 Å². The lowest BCUT2D eigenvalue weighted by atomic mass is 10.4. The molecule has 6 nitrogen and oxygen atoms in total. The Bertz CT molecular complexity index is 136. The molecule has 5 N–H and O–H groups in total. The summed E-state index contributed by atoms with van der Waals surface area (Å²) < 4.78 is 4.18. The molecule has 0 bridgehead atoms. The highest BCUT2D eigenvalue weighted by molar-refractivity contribution is 5.64. The maximum absolute atomic E-state index is 9.60. The van der Waals surface area contributed by atoms with E-state index in [-0.39, 0.29) is 13.2 Å². The van der Waals surface area contributed by atoms with Crippen molar-refractivity contribution in [2.24, 2.45) is 5.73 Å². The zero-order valence-corrected chi connectivity index (χ0v) is 9.22. The van der Waals surface area contributed by atoms with Gasteiger partial charge in [-0.05, 0) is 13.8 Å². The van der Waals surface area contributed by atoms with E-state index in [1.807, 2.05) is 6.92 Å². The van der Waals surface area contributed by atoms with Gasteiger partial charge in [0.2, 0.25) is 0 Å². The number of hydrogen-bond donors (Lipinski definition) is 4. The molecule has 0 atom stereocenters. The van der Waals surface area contributed by atoms with Crippen LogP contribution in [0.2, 0.25) is 0 Å². The predicted octanol–water partition coefficient (Wildman–Crippen LogP) is -0.374. The first-order valence-electron chi connectivity index (χ1n) is 4.39. The van der Waals surface area contributed by atoms with Crippen molar-refractivity contribution in [3.8, 4) is 0 Å². The van der Waals surface area contributed by atoms with E-state index in [0.29, 0.717) is 6.61 Å². The third-order valence-electron chi connectivity index (χ3n) is 0.708. The third kappa shape index (κ3) is 44.1. The molecule has 0 spiro atoms. The fraction of sp³-hybridized carbons (Fsp3) is 0.667. The highest BCUT2D eigenvalue weighted by Crippen LogP contribution is 1.71. The summed E-state index contributed by atoms with van der Waals surface area (Å²) in [7, 11) is 0. The van der Waals surface area contributed by atoms with Gasteiger partial charge in [0.25, 0.3) is 0 Å². The minimum absolute atomic E-state index is 0.356. The number of nitrogens with two attached hydrogens (primary N) is 1. The Morgan fingerprint density at radius 2 is 1.87 bits per heavy atom. The third-order valence-corrected chi connectivity index (χ3v) is 0.708. The molecule has 0 aliphatic carbocycles. The van der Waals surface area contributed by atoms with Gasteiger partial charge in [0.15, 0.2) is 0 Å². The van der Waals surface area contributed by atoms with E-state index in [4.69, 9.17) is 15.3 Å². The van der Waals surface area contributed by atoms with Crippen LogP contribution in [0.4, 0.5) is 4.79 Å². The average Bonchev–Trinajstić information content (AvgIpc) is 2.18. The molecule has 0 aromatic rings. The van der Waals surface area contributed by atoms with Gasteiger partial charge in [-0.15, -0.1) is 6.58 Å². The van der Waals surface area contributed by atoms with Crippen LogP contribution in [0, 0.1) is 0 Å². The van der Waals surface area contributed by atoms with Gasteiger partial charge in [-0.1, -0.05) is 6.08 Å². The number of carbonyl (C=O) groups is 1. The molecule has 0 radical (unpaired) electrons. The molecule has 0 aromatic carbocycles. The maximum atomic E-state index is 9.60. The zero-order valence-electron chi connectivity index (χ0n) is 9.22. The number of amides is 1. The molecule has 0 aliphatic rings. The van der Waals surface area contributed by atoms with Crippen LogP contribution in [-0.2, 0) is 4.74 Å². The van der Waals surface area contributed by atoms with Crippen molar-refractivity contribution in [3.05, 3.63) is 12.7 Å². The molecule has 92 valence electrons. The SMILES string of the molecule is C=CC.CCOC(N)=O.OCC(O)CO. The number of hydrogen-bond acceptors (Lipinski definition) is 5. The second kappa shape index (κ2) is 18.6. The Labute approximate surface area is 90.0 Å². The fourth-order valence-corrected chi connectivity index (χ4v) is 0.200. The number of carbonyl (C=O) groups excluding carboxylic acids is 1. The summed E-state index contributed by atoms with van der Waals surface area (Å²) >= 11 is 0. The Morgan fingerprint density at radius 1 is 1.53 bits per heavy atom. The number of allylic oxidation sites excluding steroid dienone is 1. The molecular weight excluding hydrogens is 202 g/mol. The minimum Gasteiger partial charge on any atom is -0.450 e. The molecule has 6 heteroatoms. The second-order valence-corrected chi connectivity index (χ2v) is 2.18. The number of aliphatic hydroxyl groups excluding tert-OH is 3. The summed E-state index contributed by atoms with van der Waals surface area (Å²) in [6.45, 7) is 6.58. The van der Waals surface area contributed by atoms with Crippen molar-refractivity contribution < 1.29 is 24.9 Å². The largest absolute Gasteiger partial charge is 0.450 e. The second-order valence-electron chi connectivity index (χ2n) is 2.18. The Balaban J connectivity index is -0.000000153. The van der Waals surface area contributed by atoms with Crippen molar-refractivity contribution in [1.82, 2.24) is 0 Å². The van der Waals surface area contributed by atoms with Gasteiger partial charge in [0.1, 0.15) is 6.10 Å². The molecule has 0 unspecified atom stereocenters. The van der Waals surface area contributed by atoms with E-state index in [1.165, 1.54) is 0 Å². The van der Waals surface area contributed by atoms with Crippen LogP contribution in [0.25, 0.3) is 0 Å². The summed E-state index contributed by atoms with van der Waals surface area (Å²) in [5, 5.41) is 24.0. The van der Waals surface area contributed by atoms with Crippen LogP contribution >= 0.6 is 0 Å². The molecule has 0 saturated carbocycles. The Morgan fingerprint density at radius 3 is 1.87 bits per heavy atom. The maximum Gasteiger partial charge on any atom is 0.404 e. The van der Waals surface area contributed by atoms with Crippen molar-refractivity contribution in [2.45, 2.75) is 20.0 Å². The van der Waals surface area contributed by atoms with Crippen molar-refractivity contribution in [3.63, 3.8) is 0 Å². The smallest absolute Gasteiger partial charge is 0.404 e. The molecule has 0 fully saturated rings. The van der Waals surface area contributed by atoms with Crippen LogP contribution in [0.5, 0.6) is 0 Å². The van der Waals surface area contributed by atoms with Crippen LogP contribution < -0.4 is 5.73 Å². The van der Waals surface area contributed by atoms with Crippen LogP contribution in [0.3, 0.4) is 0 Å². The summed E-state index contributed by atoms with van der Waals surface area (Å²) in [6, 6.07) is 0. The first-order valence-corrected chi connectivity index (χ1v) is 4.39. The van der Waals surface area contributed by atoms with Crippen molar-refractivity contribution in [1.29, 1.82) is 0 Å². The van der Waals surface area contributed by atoms with E-state index in [2.05, 4.69) is 17.0 Å². The summed E-state index contributed by atoms with van der Waals surface area (Å²) in [6.07, 6.45) is 0.0856. The van der Waals surface area contributed by atoms with Crippen molar-refractivity contribution >= 4 is 6.09 Å². The molecule has 0 heterocycles. The molecular formula is C9H21NO5. The predicted molar refractivity (Wildman–Crippen MR) is 57.3 cm³/mol. The minimum atomic E-state index is -0.954. The van der Waals surface area contributed by atoms with E-state index < -0.39 is 12.2 Å². The van der Waals surface area contributed by atoms with Gasteiger partial charge in [-0.2, -0.15) is 0 Å². The standard InChI is InChI=1S/C3H7NO2.C3H8O3.C3H6/c1-2-6-3(4)5;4-1-3(6)2-5;1-3-2/h2H2,1H3,(H2,4,5);3-6H,1-2H2;3H,1H2,2H3. The molecule has 15 heavy (non-hydrogen) atoms. The zero-order chi connectivity index (χ0) is 12.7. The molecule has 1 amide bonds. The van der Waals surface area contributed by atoms with Gasteiger partial charge in [0, 0.05) is 0 Å². The average molecular weight is 223 g/mol. The molecule has 0 aliphatic heterocycles. The van der Waals surface area contributed by atoms with Gasteiger partial charge in [0.05, 0.1) is 19.8 Å². The van der Waals surface area contributed by atoms with Crippen LogP contribution in [-0.4, -0.2) is 47.3 Å². The van der Waals surface area contributed by atoms with E-state index in [1.54, 1.807) is 13.0 Å².